The summed E-state index contributed by atoms with van der Waals surface area (Å²) in [7, 11) is 0. The third-order valence-corrected chi connectivity index (χ3v) is 5.31. The van der Waals surface area contributed by atoms with Gasteiger partial charge >= 0.3 is 0 Å². The number of amides is 1. The Balaban J connectivity index is 1.55. The smallest absolute Gasteiger partial charge is 0.276 e. The fourth-order valence-corrected chi connectivity index (χ4v) is 3.67. The molecule has 4 rings (SSSR count). The molecule has 1 aromatic carbocycles. The zero-order valence-electron chi connectivity index (χ0n) is 17.2. The normalized spacial score (nSPS) is 13.5. The van der Waals surface area contributed by atoms with Gasteiger partial charge in [0.25, 0.3) is 11.5 Å². The molecule has 8 heteroatoms. The van der Waals surface area contributed by atoms with E-state index in [1.54, 1.807) is 0 Å². The van der Waals surface area contributed by atoms with Gasteiger partial charge in [0.05, 0.1) is 0 Å². The van der Waals surface area contributed by atoms with Crippen LogP contribution in [0.15, 0.2) is 41.2 Å². The molecule has 0 unspecified atom stereocenters. The highest BCUT2D eigenvalue weighted by Gasteiger charge is 2.17. The monoisotopic (exact) mass is 406 g/mol. The number of nitrogens with one attached hydrogen (secondary N) is 1. The molecule has 1 amide bonds. The van der Waals surface area contributed by atoms with Crippen LogP contribution in [0.2, 0.25) is 0 Å². The second kappa shape index (κ2) is 9.02. The first kappa shape index (κ1) is 20.0. The molecule has 0 saturated heterocycles. The maximum absolute atomic E-state index is 12.7. The van der Waals surface area contributed by atoms with E-state index < -0.39 is 0 Å². The minimum absolute atomic E-state index is 0.200. The zero-order chi connectivity index (χ0) is 20.9. The molecule has 0 aliphatic carbocycles. The molecule has 3 aromatic rings. The van der Waals surface area contributed by atoms with Crippen molar-refractivity contribution in [2.45, 2.75) is 58.5 Å². The standard InChI is InChI=1S/C22H26N6O2/c1-2-3-14-28-20(29)12-11-18(26-28)22(30)23-17-9-7-8-16(15-17)21-25-24-19-10-5-4-6-13-27(19)21/h7-9,11-12,15H,2-6,10,13-14H2,1H3,(H,23,30). The highest BCUT2D eigenvalue weighted by molar-refractivity contribution is 6.02. The molecule has 0 fully saturated rings. The molecule has 156 valence electrons. The van der Waals surface area contributed by atoms with Crippen LogP contribution in [-0.2, 0) is 19.5 Å². The molecule has 0 spiro atoms. The topological polar surface area (TPSA) is 94.7 Å². The number of carbonyl (C=O) groups excluding carboxylic acids is 1. The number of aryl methyl sites for hydroxylation is 2. The number of rotatable bonds is 6. The van der Waals surface area contributed by atoms with E-state index in [-0.39, 0.29) is 17.2 Å². The predicted molar refractivity (Wildman–Crippen MR) is 114 cm³/mol. The molecule has 3 heterocycles. The fourth-order valence-electron chi connectivity index (χ4n) is 3.67. The van der Waals surface area contributed by atoms with Crippen LogP contribution in [0, 0.1) is 0 Å². The number of carbonyl (C=O) groups is 1. The molecule has 2 aromatic heterocycles. The summed E-state index contributed by atoms with van der Waals surface area (Å²) < 4.78 is 3.53. The molecule has 8 nitrogen and oxygen atoms in total. The summed E-state index contributed by atoms with van der Waals surface area (Å²) in [6.45, 7) is 3.46. The lowest BCUT2D eigenvalue weighted by Crippen LogP contribution is -2.26. The molecule has 0 bridgehead atoms. The highest BCUT2D eigenvalue weighted by Crippen LogP contribution is 2.25. The second-order valence-electron chi connectivity index (χ2n) is 7.57. The Bertz CT molecular complexity index is 1100. The Morgan fingerprint density at radius 3 is 2.90 bits per heavy atom. The first-order valence-corrected chi connectivity index (χ1v) is 10.6. The lowest BCUT2D eigenvalue weighted by atomic mass is 10.2. The second-order valence-corrected chi connectivity index (χ2v) is 7.57. The molecule has 0 atom stereocenters. The van der Waals surface area contributed by atoms with Gasteiger partial charge in [-0.3, -0.25) is 9.59 Å². The first-order chi connectivity index (χ1) is 14.7. The third-order valence-electron chi connectivity index (χ3n) is 5.31. The van der Waals surface area contributed by atoms with Gasteiger partial charge in [-0.15, -0.1) is 10.2 Å². The predicted octanol–water partition coefficient (Wildman–Crippen LogP) is 3.28. The number of aromatic nitrogens is 5. The van der Waals surface area contributed by atoms with E-state index in [0.717, 1.165) is 55.9 Å². The van der Waals surface area contributed by atoms with Crippen molar-refractivity contribution in [2.75, 3.05) is 5.32 Å². The average molecular weight is 406 g/mol. The van der Waals surface area contributed by atoms with E-state index in [9.17, 15) is 9.59 Å². The lowest BCUT2D eigenvalue weighted by Gasteiger charge is -2.10. The summed E-state index contributed by atoms with van der Waals surface area (Å²) in [5.74, 6) is 1.50. The molecule has 0 radical (unpaired) electrons. The van der Waals surface area contributed by atoms with Gasteiger partial charge in [0.15, 0.2) is 5.82 Å². The van der Waals surface area contributed by atoms with Crippen LogP contribution in [0.3, 0.4) is 0 Å². The molecular weight excluding hydrogens is 380 g/mol. The first-order valence-electron chi connectivity index (χ1n) is 10.6. The summed E-state index contributed by atoms with van der Waals surface area (Å²) in [4.78, 5) is 24.6. The molecule has 30 heavy (non-hydrogen) atoms. The van der Waals surface area contributed by atoms with Gasteiger partial charge in [-0.25, -0.2) is 4.68 Å². The van der Waals surface area contributed by atoms with Crippen molar-refractivity contribution < 1.29 is 4.79 Å². The fraction of sp³-hybridized carbons (Fsp3) is 0.409. The number of benzene rings is 1. The van der Waals surface area contributed by atoms with E-state index >= 15 is 0 Å². The van der Waals surface area contributed by atoms with Gasteiger partial charge in [-0.2, -0.15) is 5.10 Å². The van der Waals surface area contributed by atoms with Crippen LogP contribution in [0.4, 0.5) is 5.69 Å². The van der Waals surface area contributed by atoms with Crippen LogP contribution in [-0.4, -0.2) is 30.5 Å². The minimum atomic E-state index is -0.350. The van der Waals surface area contributed by atoms with Crippen molar-refractivity contribution in [3.8, 4) is 11.4 Å². The van der Waals surface area contributed by atoms with Gasteiger partial charge in [-0.1, -0.05) is 31.9 Å². The maximum Gasteiger partial charge on any atom is 0.276 e. The van der Waals surface area contributed by atoms with Crippen molar-refractivity contribution in [3.05, 3.63) is 58.3 Å². The van der Waals surface area contributed by atoms with Crippen molar-refractivity contribution in [1.82, 2.24) is 24.5 Å². The van der Waals surface area contributed by atoms with Gasteiger partial charge < -0.3 is 9.88 Å². The van der Waals surface area contributed by atoms with E-state index in [4.69, 9.17) is 0 Å². The quantitative estimate of drug-likeness (QED) is 0.678. The minimum Gasteiger partial charge on any atom is -0.321 e. The van der Waals surface area contributed by atoms with Gasteiger partial charge in [-0.05, 0) is 37.5 Å². The number of nitrogens with zero attached hydrogens (tertiary/aromatic N) is 5. The van der Waals surface area contributed by atoms with Crippen molar-refractivity contribution in [3.63, 3.8) is 0 Å². The number of hydrogen-bond donors (Lipinski definition) is 1. The van der Waals surface area contributed by atoms with Crippen molar-refractivity contribution in [2.24, 2.45) is 0 Å². The van der Waals surface area contributed by atoms with E-state index in [1.807, 2.05) is 31.2 Å². The largest absolute Gasteiger partial charge is 0.321 e. The van der Waals surface area contributed by atoms with Gasteiger partial charge in [0, 0.05) is 36.8 Å². The van der Waals surface area contributed by atoms with E-state index in [1.165, 1.54) is 23.2 Å². The SMILES string of the molecule is CCCCn1nc(C(=O)Nc2cccc(-c3nnc4n3CCCCC4)c2)ccc1=O. The zero-order valence-corrected chi connectivity index (χ0v) is 17.2. The van der Waals surface area contributed by atoms with Crippen LogP contribution >= 0.6 is 0 Å². The van der Waals surface area contributed by atoms with Crippen LogP contribution in [0.1, 0.15) is 55.3 Å². The lowest BCUT2D eigenvalue weighted by molar-refractivity contribution is 0.101. The Labute approximate surface area is 175 Å². The highest BCUT2D eigenvalue weighted by atomic mass is 16.2. The Morgan fingerprint density at radius 1 is 1.13 bits per heavy atom. The average Bonchev–Trinajstić information content (AvgIpc) is 3.01. The molecule has 1 aliphatic heterocycles. The van der Waals surface area contributed by atoms with Crippen molar-refractivity contribution >= 4 is 11.6 Å². The molecule has 1 N–H and O–H groups in total. The summed E-state index contributed by atoms with van der Waals surface area (Å²) >= 11 is 0. The number of unbranched alkanes of at least 4 members (excludes halogenated alkanes) is 1. The Morgan fingerprint density at radius 2 is 2.03 bits per heavy atom. The van der Waals surface area contributed by atoms with Crippen LogP contribution < -0.4 is 10.9 Å². The summed E-state index contributed by atoms with van der Waals surface area (Å²) in [5.41, 5.74) is 1.58. The van der Waals surface area contributed by atoms with Gasteiger partial charge in [0.2, 0.25) is 0 Å². The number of hydrogen-bond acceptors (Lipinski definition) is 5. The summed E-state index contributed by atoms with van der Waals surface area (Å²) in [6.07, 6.45) is 6.19. The third kappa shape index (κ3) is 4.32. The summed E-state index contributed by atoms with van der Waals surface area (Å²) in [6, 6.07) is 10.4. The van der Waals surface area contributed by atoms with Crippen LogP contribution in [0.5, 0.6) is 0 Å². The molecule has 0 saturated carbocycles. The molecule has 1 aliphatic rings. The number of fused-ring (bicyclic) bond motifs is 1. The molecular formula is C22H26N6O2. The van der Waals surface area contributed by atoms with Crippen LogP contribution in [0.25, 0.3) is 11.4 Å². The maximum atomic E-state index is 12.7. The van der Waals surface area contributed by atoms with Crippen molar-refractivity contribution in [1.29, 1.82) is 0 Å². The van der Waals surface area contributed by atoms with E-state index in [2.05, 4.69) is 25.2 Å². The number of anilines is 1. The van der Waals surface area contributed by atoms with Gasteiger partial charge in [0.1, 0.15) is 11.5 Å². The Hall–Kier alpha value is -3.29. The Kier molecular flexibility index (Phi) is 6.02. The summed E-state index contributed by atoms with van der Waals surface area (Å²) in [5, 5.41) is 15.8. The van der Waals surface area contributed by atoms with E-state index in [0.29, 0.717) is 12.2 Å².